The van der Waals surface area contributed by atoms with Gasteiger partial charge in [-0.2, -0.15) is 0 Å². The zero-order valence-corrected chi connectivity index (χ0v) is 21.8. The highest BCUT2D eigenvalue weighted by molar-refractivity contribution is 5.82. The molecule has 1 fully saturated rings. The molecule has 39 heavy (non-hydrogen) atoms. The number of hydrogen-bond acceptors (Lipinski definition) is 6. The van der Waals surface area contributed by atoms with Crippen LogP contribution >= 0.6 is 0 Å². The van der Waals surface area contributed by atoms with Gasteiger partial charge in [-0.25, -0.2) is 4.79 Å². The fraction of sp³-hybridized carbons (Fsp3) is 0.258. The molecular weight excluding hydrogens is 496 g/mol. The highest BCUT2D eigenvalue weighted by atomic mass is 16.6. The molecule has 1 aliphatic heterocycles. The third-order valence-electron chi connectivity index (χ3n) is 6.84. The van der Waals surface area contributed by atoms with Crippen molar-refractivity contribution in [2.24, 2.45) is 0 Å². The number of aromatic amines is 1. The average molecular weight is 527 g/mol. The van der Waals surface area contributed by atoms with Gasteiger partial charge in [0, 0.05) is 18.2 Å². The molecule has 1 aliphatic rings. The van der Waals surface area contributed by atoms with E-state index >= 15 is 0 Å². The summed E-state index contributed by atoms with van der Waals surface area (Å²) in [6.45, 7) is 3.54. The highest BCUT2D eigenvalue weighted by Crippen LogP contribution is 2.32. The van der Waals surface area contributed by atoms with Gasteiger partial charge in [-0.15, -0.1) is 0 Å². The molecule has 1 aromatic heterocycles. The van der Waals surface area contributed by atoms with Gasteiger partial charge in [-0.1, -0.05) is 78.4 Å². The van der Waals surface area contributed by atoms with Crippen LogP contribution in [-0.4, -0.2) is 34.3 Å². The summed E-state index contributed by atoms with van der Waals surface area (Å²) in [4.78, 5) is 40.2. The summed E-state index contributed by atoms with van der Waals surface area (Å²) in [7, 11) is 0. The van der Waals surface area contributed by atoms with Gasteiger partial charge in [0.05, 0.1) is 0 Å². The molecule has 1 saturated heterocycles. The van der Waals surface area contributed by atoms with Crippen LogP contribution in [-0.2, 0) is 14.3 Å². The Balaban J connectivity index is 1.38. The van der Waals surface area contributed by atoms with Gasteiger partial charge in [0.25, 0.3) is 5.56 Å². The number of nitrogens with zero attached hydrogens (tertiary/aromatic N) is 1. The zero-order valence-electron chi connectivity index (χ0n) is 21.8. The summed E-state index contributed by atoms with van der Waals surface area (Å²) in [5.74, 6) is -0.376. The van der Waals surface area contributed by atoms with Crippen molar-refractivity contribution in [3.05, 3.63) is 134 Å². The van der Waals surface area contributed by atoms with Crippen molar-refractivity contribution >= 4 is 5.97 Å². The lowest BCUT2D eigenvalue weighted by atomic mass is 9.91. The van der Waals surface area contributed by atoms with E-state index in [9.17, 15) is 14.4 Å². The first kappa shape index (κ1) is 26.2. The third-order valence-corrected chi connectivity index (χ3v) is 6.84. The summed E-state index contributed by atoms with van der Waals surface area (Å²) in [5, 5.41) is 0. The molecule has 0 saturated carbocycles. The zero-order chi connectivity index (χ0) is 27.4. The van der Waals surface area contributed by atoms with E-state index < -0.39 is 41.6 Å². The molecule has 8 heteroatoms. The minimum atomic E-state index is -0.703. The van der Waals surface area contributed by atoms with E-state index in [1.165, 1.54) is 10.8 Å². The highest BCUT2D eigenvalue weighted by Gasteiger charge is 2.40. The molecule has 0 bridgehead atoms. The first-order valence-corrected chi connectivity index (χ1v) is 12.9. The fourth-order valence-corrected chi connectivity index (χ4v) is 4.74. The Labute approximate surface area is 225 Å². The maximum Gasteiger partial charge on any atom is 0.330 e. The number of aromatic nitrogens is 2. The lowest BCUT2D eigenvalue weighted by Crippen LogP contribution is -2.34. The number of ether oxygens (including phenoxy) is 3. The van der Waals surface area contributed by atoms with Crippen molar-refractivity contribution in [2.45, 2.75) is 44.6 Å². The molecule has 0 radical (unpaired) electrons. The second-order valence-corrected chi connectivity index (χ2v) is 9.70. The molecule has 0 spiro atoms. The Kier molecular flexibility index (Phi) is 7.74. The number of aryl methyl sites for hydroxylation is 2. The van der Waals surface area contributed by atoms with E-state index in [-0.39, 0.29) is 6.61 Å². The van der Waals surface area contributed by atoms with Crippen molar-refractivity contribution in [3.63, 3.8) is 0 Å². The molecule has 3 aromatic carbocycles. The van der Waals surface area contributed by atoms with Crippen LogP contribution in [0.25, 0.3) is 0 Å². The maximum atomic E-state index is 13.5. The van der Waals surface area contributed by atoms with E-state index in [1.54, 1.807) is 6.92 Å². The third kappa shape index (κ3) is 6.02. The lowest BCUT2D eigenvalue weighted by Gasteiger charge is -2.22. The van der Waals surface area contributed by atoms with E-state index in [1.807, 2.05) is 91.9 Å². The number of carbonyl (C=O) groups is 1. The van der Waals surface area contributed by atoms with Crippen molar-refractivity contribution in [3.8, 4) is 5.75 Å². The fourth-order valence-electron chi connectivity index (χ4n) is 4.74. The minimum absolute atomic E-state index is 0.0703. The molecule has 8 nitrogen and oxygen atoms in total. The quantitative estimate of drug-likeness (QED) is 0.345. The standard InChI is InChI=1S/C31H30N2O6/c1-20-13-15-24(16-14-20)38-25-17-27(33-18-21(2)29(34)32-31(33)36)39-26(25)19-37-30(35)28(22-9-5-3-6-10-22)23-11-7-4-8-12-23/h3-16,18,25-28H,17,19H2,1-2H3,(H,32,34,36)/t25-,26+,27+/m0/s1. The smallest absolute Gasteiger partial charge is 0.330 e. The molecule has 0 aliphatic carbocycles. The minimum Gasteiger partial charge on any atom is -0.487 e. The molecule has 4 aromatic rings. The first-order valence-electron chi connectivity index (χ1n) is 12.9. The largest absolute Gasteiger partial charge is 0.487 e. The van der Waals surface area contributed by atoms with Crippen molar-refractivity contribution in [2.75, 3.05) is 6.61 Å². The topological polar surface area (TPSA) is 99.6 Å². The van der Waals surface area contributed by atoms with Crippen molar-refractivity contribution < 1.29 is 19.0 Å². The van der Waals surface area contributed by atoms with Crippen LogP contribution in [0.15, 0.2) is 101 Å². The van der Waals surface area contributed by atoms with Gasteiger partial charge in [0.15, 0.2) is 0 Å². The first-order chi connectivity index (χ1) is 18.9. The number of hydrogen-bond donors (Lipinski definition) is 1. The normalized spacial score (nSPS) is 18.7. The van der Waals surface area contributed by atoms with E-state index in [4.69, 9.17) is 14.2 Å². The molecule has 1 N–H and O–H groups in total. The number of benzene rings is 3. The maximum absolute atomic E-state index is 13.5. The van der Waals surface area contributed by atoms with Gasteiger partial charge in [0.2, 0.25) is 0 Å². The summed E-state index contributed by atoms with van der Waals surface area (Å²) in [6.07, 6.45) is -0.0545. The van der Waals surface area contributed by atoms with Crippen LogP contribution in [0.3, 0.4) is 0 Å². The van der Waals surface area contributed by atoms with E-state index in [2.05, 4.69) is 4.98 Å². The number of esters is 1. The summed E-state index contributed by atoms with van der Waals surface area (Å²) < 4.78 is 19.7. The van der Waals surface area contributed by atoms with Gasteiger partial charge in [0.1, 0.15) is 36.7 Å². The van der Waals surface area contributed by atoms with Gasteiger partial charge >= 0.3 is 11.7 Å². The Bertz CT molecular complexity index is 1490. The lowest BCUT2D eigenvalue weighted by molar-refractivity contribution is -0.150. The van der Waals surface area contributed by atoms with Crippen molar-refractivity contribution in [1.82, 2.24) is 9.55 Å². The number of rotatable bonds is 8. The summed E-state index contributed by atoms with van der Waals surface area (Å²) >= 11 is 0. The number of carbonyl (C=O) groups excluding carboxylic acids is 1. The van der Waals surface area contributed by atoms with Crippen LogP contribution < -0.4 is 16.0 Å². The number of H-pyrrole nitrogens is 1. The van der Waals surface area contributed by atoms with Crippen LogP contribution in [0.2, 0.25) is 0 Å². The number of nitrogens with one attached hydrogen (secondary N) is 1. The monoisotopic (exact) mass is 526 g/mol. The second kappa shape index (κ2) is 11.5. The van der Waals surface area contributed by atoms with Gasteiger partial charge < -0.3 is 14.2 Å². The van der Waals surface area contributed by atoms with Crippen LogP contribution in [0.1, 0.15) is 40.8 Å². The van der Waals surface area contributed by atoms with Crippen LogP contribution in [0.5, 0.6) is 5.75 Å². The Morgan fingerprint density at radius 3 is 2.18 bits per heavy atom. The van der Waals surface area contributed by atoms with Gasteiger partial charge in [-0.3, -0.25) is 19.1 Å². The molecule has 2 heterocycles. The van der Waals surface area contributed by atoms with Crippen molar-refractivity contribution in [1.29, 1.82) is 0 Å². The molecule has 5 rings (SSSR count). The Hall–Kier alpha value is -4.43. The molecule has 0 amide bonds. The van der Waals surface area contributed by atoms with Crippen LogP contribution in [0, 0.1) is 13.8 Å². The average Bonchev–Trinajstić information content (AvgIpc) is 3.34. The van der Waals surface area contributed by atoms with E-state index in [0.29, 0.717) is 17.7 Å². The second-order valence-electron chi connectivity index (χ2n) is 9.70. The Morgan fingerprint density at radius 1 is 0.949 bits per heavy atom. The Morgan fingerprint density at radius 2 is 1.56 bits per heavy atom. The predicted molar refractivity (Wildman–Crippen MR) is 146 cm³/mol. The predicted octanol–water partition coefficient (Wildman–Crippen LogP) is 4.26. The van der Waals surface area contributed by atoms with Gasteiger partial charge in [-0.05, 0) is 37.1 Å². The summed E-state index contributed by atoms with van der Waals surface area (Å²) in [5.41, 5.74) is 2.10. The SMILES string of the molecule is Cc1ccc(O[C@H]2C[C@H](n3cc(C)c(=O)[nH]c3=O)O[C@@H]2COC(=O)C(c2ccccc2)c2ccccc2)cc1. The summed E-state index contributed by atoms with van der Waals surface area (Å²) in [6, 6.07) is 26.6. The molecule has 200 valence electrons. The van der Waals surface area contributed by atoms with Crippen LogP contribution in [0.4, 0.5) is 0 Å². The van der Waals surface area contributed by atoms with E-state index in [0.717, 1.165) is 16.7 Å². The molecular formula is C31H30N2O6. The molecule has 3 atom stereocenters. The molecule has 0 unspecified atom stereocenters.